The van der Waals surface area contributed by atoms with Gasteiger partial charge >= 0.3 is 0 Å². The molecular formula is C30H44N2O4. The van der Waals surface area contributed by atoms with Crippen molar-refractivity contribution in [3.8, 4) is 0 Å². The highest BCUT2D eigenvalue weighted by Gasteiger charge is 2.61. The zero-order chi connectivity index (χ0) is 24.7. The molecule has 6 nitrogen and oxygen atoms in total. The molecule has 0 spiro atoms. The fourth-order valence-corrected chi connectivity index (χ4v) is 8.30. The van der Waals surface area contributed by atoms with Gasteiger partial charge in [0.2, 0.25) is 5.91 Å². The number of ether oxygens (including phenoxy) is 3. The highest BCUT2D eigenvalue weighted by atomic mass is 16.5. The standard InChI is InChI=1S/C30H44N2O4/c1-20-12-24-18-32(10-8-25(24)31-17-20)29(33)30-15-21(13-23-9-11-35-19-27(23)34-2)14-28(30)36-26(16-30)22-6-4-3-5-7-22/h12,17,21-23,26-28H,3-11,13-16,18-19H2,1-2H3/t21-,23?,26?,27?,28-,30+/m1/s1. The molecular weight excluding hydrogens is 452 g/mol. The molecule has 6 heteroatoms. The monoisotopic (exact) mass is 496 g/mol. The van der Waals surface area contributed by atoms with Crippen molar-refractivity contribution in [1.29, 1.82) is 0 Å². The molecule has 1 amide bonds. The third kappa shape index (κ3) is 4.63. The Morgan fingerprint density at radius 1 is 1.22 bits per heavy atom. The Morgan fingerprint density at radius 3 is 2.92 bits per heavy atom. The molecule has 4 fully saturated rings. The van der Waals surface area contributed by atoms with Gasteiger partial charge < -0.3 is 19.1 Å². The lowest BCUT2D eigenvalue weighted by Gasteiger charge is -2.37. The topological polar surface area (TPSA) is 60.9 Å². The van der Waals surface area contributed by atoms with Crippen LogP contribution in [0, 0.1) is 30.1 Å². The second-order valence-electron chi connectivity index (χ2n) is 12.5. The maximum atomic E-state index is 14.5. The summed E-state index contributed by atoms with van der Waals surface area (Å²) >= 11 is 0. The molecule has 6 atom stereocenters. The van der Waals surface area contributed by atoms with Crippen LogP contribution >= 0.6 is 0 Å². The predicted molar refractivity (Wildman–Crippen MR) is 137 cm³/mol. The molecule has 0 bridgehead atoms. The maximum absolute atomic E-state index is 14.5. The Morgan fingerprint density at radius 2 is 2.08 bits per heavy atom. The molecule has 2 aliphatic carbocycles. The van der Waals surface area contributed by atoms with Crippen LogP contribution in [0.5, 0.6) is 0 Å². The van der Waals surface area contributed by atoms with Crippen molar-refractivity contribution in [2.45, 2.75) is 102 Å². The van der Waals surface area contributed by atoms with E-state index in [-0.39, 0.29) is 23.7 Å². The van der Waals surface area contributed by atoms with Crippen molar-refractivity contribution in [3.63, 3.8) is 0 Å². The van der Waals surface area contributed by atoms with Gasteiger partial charge in [-0.3, -0.25) is 9.78 Å². The van der Waals surface area contributed by atoms with Crippen molar-refractivity contribution < 1.29 is 19.0 Å². The lowest BCUT2D eigenvalue weighted by Crippen LogP contribution is -2.48. The van der Waals surface area contributed by atoms with E-state index in [1.165, 1.54) is 43.2 Å². The summed E-state index contributed by atoms with van der Waals surface area (Å²) in [5.74, 6) is 2.03. The van der Waals surface area contributed by atoms with Gasteiger partial charge in [0, 0.05) is 45.1 Å². The van der Waals surface area contributed by atoms with Gasteiger partial charge in [0.25, 0.3) is 0 Å². The smallest absolute Gasteiger partial charge is 0.231 e. The summed E-state index contributed by atoms with van der Waals surface area (Å²) in [6.45, 7) is 5.09. The second-order valence-corrected chi connectivity index (χ2v) is 12.5. The van der Waals surface area contributed by atoms with Gasteiger partial charge in [-0.2, -0.15) is 0 Å². The number of aromatic nitrogens is 1. The molecule has 6 rings (SSSR count). The minimum atomic E-state index is -0.352. The first-order valence-corrected chi connectivity index (χ1v) is 14.6. The molecule has 1 aromatic rings. The average Bonchev–Trinajstić information content (AvgIpc) is 3.43. The zero-order valence-corrected chi connectivity index (χ0v) is 22.3. The van der Waals surface area contributed by atoms with Crippen molar-refractivity contribution >= 4 is 5.91 Å². The number of fused-ring (bicyclic) bond motifs is 2. The fourth-order valence-electron chi connectivity index (χ4n) is 8.30. The first kappa shape index (κ1) is 24.8. The van der Waals surface area contributed by atoms with Crippen LogP contribution in [0.2, 0.25) is 0 Å². The van der Waals surface area contributed by atoms with Crippen LogP contribution in [0.4, 0.5) is 0 Å². The quantitative estimate of drug-likeness (QED) is 0.583. The number of hydrogen-bond acceptors (Lipinski definition) is 5. The number of nitrogens with zero attached hydrogens (tertiary/aromatic N) is 2. The summed E-state index contributed by atoms with van der Waals surface area (Å²) in [5, 5.41) is 0. The van der Waals surface area contributed by atoms with Crippen LogP contribution < -0.4 is 0 Å². The number of methoxy groups -OCH3 is 1. The van der Waals surface area contributed by atoms with E-state index in [2.05, 4.69) is 22.9 Å². The second kappa shape index (κ2) is 10.3. The average molecular weight is 497 g/mol. The third-order valence-electron chi connectivity index (χ3n) is 10.2. The number of amides is 1. The predicted octanol–water partition coefficient (Wildman–Crippen LogP) is 4.85. The van der Waals surface area contributed by atoms with Crippen molar-refractivity contribution in [3.05, 3.63) is 29.1 Å². The van der Waals surface area contributed by atoms with Gasteiger partial charge in [-0.05, 0) is 80.8 Å². The normalized spacial score (nSPS) is 37.1. The fraction of sp³-hybridized carbons (Fsp3) is 0.800. The Labute approximate surface area is 216 Å². The Kier molecular flexibility index (Phi) is 7.13. The van der Waals surface area contributed by atoms with Crippen LogP contribution in [-0.2, 0) is 32.0 Å². The van der Waals surface area contributed by atoms with Gasteiger partial charge in [0.15, 0.2) is 0 Å². The number of pyridine rings is 1. The lowest BCUT2D eigenvalue weighted by atomic mass is 9.74. The summed E-state index contributed by atoms with van der Waals surface area (Å²) < 4.78 is 18.3. The van der Waals surface area contributed by atoms with E-state index >= 15 is 0 Å². The molecule has 3 aliphatic heterocycles. The molecule has 3 unspecified atom stereocenters. The van der Waals surface area contributed by atoms with Crippen molar-refractivity contribution in [1.82, 2.24) is 9.88 Å². The highest BCUT2D eigenvalue weighted by Crippen LogP contribution is 2.57. The van der Waals surface area contributed by atoms with Gasteiger partial charge in [0.1, 0.15) is 0 Å². The van der Waals surface area contributed by atoms with E-state index in [1.54, 1.807) is 0 Å². The van der Waals surface area contributed by atoms with Gasteiger partial charge in [-0.15, -0.1) is 0 Å². The van der Waals surface area contributed by atoms with Crippen molar-refractivity contribution in [2.24, 2.45) is 23.2 Å². The van der Waals surface area contributed by atoms with Gasteiger partial charge in [-0.25, -0.2) is 0 Å². The molecule has 0 radical (unpaired) electrons. The maximum Gasteiger partial charge on any atom is 0.231 e. The molecule has 36 heavy (non-hydrogen) atoms. The first-order chi connectivity index (χ1) is 17.6. The summed E-state index contributed by atoms with van der Waals surface area (Å²) in [6.07, 6.45) is 14.9. The Bertz CT molecular complexity index is 947. The number of aryl methyl sites for hydroxylation is 1. The number of hydrogen-bond donors (Lipinski definition) is 0. The van der Waals surface area contributed by atoms with Gasteiger partial charge in [-0.1, -0.05) is 25.3 Å². The molecule has 2 saturated carbocycles. The number of carbonyl (C=O) groups is 1. The van der Waals surface area contributed by atoms with E-state index in [0.717, 1.165) is 57.4 Å². The van der Waals surface area contributed by atoms with E-state index < -0.39 is 0 Å². The van der Waals surface area contributed by atoms with Crippen LogP contribution in [0.1, 0.15) is 81.0 Å². The minimum Gasteiger partial charge on any atom is -0.379 e. The molecule has 2 saturated heterocycles. The van der Waals surface area contributed by atoms with E-state index in [9.17, 15) is 4.79 Å². The van der Waals surface area contributed by atoms with Crippen molar-refractivity contribution in [2.75, 3.05) is 26.9 Å². The molecule has 1 aromatic heterocycles. The summed E-state index contributed by atoms with van der Waals surface area (Å²) in [7, 11) is 1.81. The molecule has 5 aliphatic rings. The summed E-state index contributed by atoms with van der Waals surface area (Å²) in [5.41, 5.74) is 3.21. The molecule has 198 valence electrons. The summed E-state index contributed by atoms with van der Waals surface area (Å²) in [6, 6.07) is 2.22. The molecule has 4 heterocycles. The Balaban J connectivity index is 1.22. The first-order valence-electron chi connectivity index (χ1n) is 14.6. The van der Waals surface area contributed by atoms with Crippen LogP contribution in [0.25, 0.3) is 0 Å². The highest BCUT2D eigenvalue weighted by molar-refractivity contribution is 5.84. The van der Waals surface area contributed by atoms with Crippen LogP contribution in [0.15, 0.2) is 12.3 Å². The van der Waals surface area contributed by atoms with E-state index in [4.69, 9.17) is 14.2 Å². The largest absolute Gasteiger partial charge is 0.379 e. The van der Waals surface area contributed by atoms with Crippen LogP contribution in [-0.4, -0.2) is 61.0 Å². The zero-order valence-electron chi connectivity index (χ0n) is 22.3. The Hall–Kier alpha value is -1.50. The number of carbonyl (C=O) groups excluding carboxylic acids is 1. The molecule has 0 aromatic carbocycles. The van der Waals surface area contributed by atoms with Gasteiger partial charge in [0.05, 0.1) is 30.3 Å². The SMILES string of the molecule is COC1COCCC1C[C@@H]1C[C@H]2OC(C3CCCCC3)C[C@@]2(C(=O)N2CCc3ncc(C)cc3C2)C1. The minimum absolute atomic E-state index is 0.0693. The van der Waals surface area contributed by atoms with E-state index in [0.29, 0.717) is 36.8 Å². The molecule has 0 N–H and O–H groups in total. The lowest BCUT2D eigenvalue weighted by molar-refractivity contribution is -0.145. The van der Waals surface area contributed by atoms with E-state index in [1.807, 2.05) is 13.3 Å². The summed E-state index contributed by atoms with van der Waals surface area (Å²) in [4.78, 5) is 21.3. The third-order valence-corrected chi connectivity index (χ3v) is 10.2. The number of rotatable bonds is 5. The van der Waals surface area contributed by atoms with Crippen LogP contribution in [0.3, 0.4) is 0 Å².